The normalized spacial score (nSPS) is 13.7. The molecule has 3 nitrogen and oxygen atoms in total. The van der Waals surface area contributed by atoms with Gasteiger partial charge >= 0.3 is 0 Å². The lowest BCUT2D eigenvalue weighted by Crippen LogP contribution is -2.32. The topological polar surface area (TPSA) is 38.7 Å². The van der Waals surface area contributed by atoms with E-state index >= 15 is 0 Å². The predicted octanol–water partition coefficient (Wildman–Crippen LogP) is 3.32. The van der Waals surface area contributed by atoms with Crippen LogP contribution in [0.5, 0.6) is 5.75 Å². The van der Waals surface area contributed by atoms with E-state index in [0.717, 1.165) is 11.3 Å². The highest BCUT2D eigenvalue weighted by Crippen LogP contribution is 2.29. The quantitative estimate of drug-likeness (QED) is 0.844. The summed E-state index contributed by atoms with van der Waals surface area (Å²) in [6, 6.07) is 7.51. The molecule has 3 heteroatoms. The summed E-state index contributed by atoms with van der Waals surface area (Å²) < 4.78 is 11.1. The number of benzene rings is 1. The Bertz CT molecular complexity index is 355. The van der Waals surface area contributed by atoms with E-state index in [1.165, 1.54) is 0 Å². The fourth-order valence-corrected chi connectivity index (χ4v) is 1.85. The fourth-order valence-electron chi connectivity index (χ4n) is 1.85. The smallest absolute Gasteiger partial charge is 0.119 e. The Hall–Kier alpha value is -1.06. The highest BCUT2D eigenvalue weighted by molar-refractivity contribution is 5.29. The molecule has 1 aromatic carbocycles. The minimum atomic E-state index is -0.648. The summed E-state index contributed by atoms with van der Waals surface area (Å²) in [4.78, 5) is 0. The molecular formula is C15H24O3. The molecular weight excluding hydrogens is 228 g/mol. The summed E-state index contributed by atoms with van der Waals surface area (Å²) >= 11 is 0. The second-order valence-electron chi connectivity index (χ2n) is 5.17. The van der Waals surface area contributed by atoms with Crippen molar-refractivity contribution in [1.29, 1.82) is 0 Å². The van der Waals surface area contributed by atoms with Gasteiger partial charge in [-0.15, -0.1) is 0 Å². The molecule has 1 N–H and O–H groups in total. The molecule has 0 fully saturated rings. The molecule has 0 aliphatic carbocycles. The van der Waals surface area contributed by atoms with E-state index in [2.05, 4.69) is 0 Å². The van der Waals surface area contributed by atoms with Gasteiger partial charge in [0.1, 0.15) is 11.9 Å². The Balaban J connectivity index is 2.78. The molecule has 0 aromatic heterocycles. The van der Waals surface area contributed by atoms with Crippen molar-refractivity contribution in [2.24, 2.45) is 0 Å². The van der Waals surface area contributed by atoms with E-state index in [1.807, 2.05) is 58.9 Å². The van der Waals surface area contributed by atoms with Gasteiger partial charge in [0.2, 0.25) is 0 Å². The number of hydrogen-bond acceptors (Lipinski definition) is 3. The summed E-state index contributed by atoms with van der Waals surface area (Å²) in [6.45, 7) is 10.3. The van der Waals surface area contributed by atoms with Crippen LogP contribution in [0.25, 0.3) is 0 Å². The van der Waals surface area contributed by atoms with E-state index < -0.39 is 11.7 Å². The molecule has 1 rings (SSSR count). The van der Waals surface area contributed by atoms with Crippen LogP contribution in [0, 0.1) is 0 Å². The molecule has 18 heavy (non-hydrogen) atoms. The zero-order valence-electron chi connectivity index (χ0n) is 11.9. The molecule has 0 amide bonds. The summed E-state index contributed by atoms with van der Waals surface area (Å²) in [6.07, 6.45) is -0.494. The van der Waals surface area contributed by atoms with Gasteiger partial charge in [0, 0.05) is 6.61 Å². The molecule has 1 unspecified atom stereocenters. The maximum Gasteiger partial charge on any atom is 0.119 e. The molecule has 102 valence electrons. The van der Waals surface area contributed by atoms with Gasteiger partial charge in [-0.2, -0.15) is 0 Å². The van der Waals surface area contributed by atoms with Gasteiger partial charge in [0.15, 0.2) is 0 Å². The minimum absolute atomic E-state index is 0.153. The third-order valence-electron chi connectivity index (χ3n) is 2.74. The van der Waals surface area contributed by atoms with Crippen LogP contribution in [0.3, 0.4) is 0 Å². The van der Waals surface area contributed by atoms with Gasteiger partial charge < -0.3 is 14.6 Å². The van der Waals surface area contributed by atoms with Crippen LogP contribution in [0.15, 0.2) is 24.3 Å². The molecule has 0 aliphatic rings. The largest absolute Gasteiger partial charge is 0.491 e. The zero-order valence-corrected chi connectivity index (χ0v) is 11.9. The Kier molecular flexibility index (Phi) is 5.17. The van der Waals surface area contributed by atoms with Gasteiger partial charge in [0.05, 0.1) is 11.7 Å². The van der Waals surface area contributed by atoms with Crippen molar-refractivity contribution in [3.05, 3.63) is 29.8 Å². The molecule has 0 heterocycles. The fraction of sp³-hybridized carbons (Fsp3) is 0.600. The molecule has 0 saturated carbocycles. The number of hydrogen-bond donors (Lipinski definition) is 1. The zero-order chi connectivity index (χ0) is 13.8. The van der Waals surface area contributed by atoms with Crippen molar-refractivity contribution in [3.8, 4) is 5.75 Å². The first kappa shape index (κ1) is 15.0. The lowest BCUT2D eigenvalue weighted by Gasteiger charge is -2.30. The second kappa shape index (κ2) is 6.21. The minimum Gasteiger partial charge on any atom is -0.491 e. The van der Waals surface area contributed by atoms with Gasteiger partial charge in [-0.1, -0.05) is 12.1 Å². The molecule has 0 radical (unpaired) electrons. The summed E-state index contributed by atoms with van der Waals surface area (Å²) in [5, 5.41) is 10.3. The number of ether oxygens (including phenoxy) is 2. The van der Waals surface area contributed by atoms with Crippen molar-refractivity contribution < 1.29 is 14.6 Å². The van der Waals surface area contributed by atoms with Gasteiger partial charge in [-0.3, -0.25) is 0 Å². The highest BCUT2D eigenvalue weighted by atomic mass is 16.5. The Labute approximate surface area is 110 Å². The van der Waals surface area contributed by atoms with Crippen LogP contribution >= 0.6 is 0 Å². The molecule has 1 atom stereocenters. The third-order valence-corrected chi connectivity index (χ3v) is 2.74. The SMILES string of the molecule is CCOC(C)(C)C(O)c1ccc(OC(C)C)cc1. The predicted molar refractivity (Wildman–Crippen MR) is 72.9 cm³/mol. The Morgan fingerprint density at radius 1 is 1.17 bits per heavy atom. The standard InChI is InChI=1S/C15H24O3/c1-6-17-15(4,5)14(16)12-7-9-13(10-8-12)18-11(2)3/h7-11,14,16H,6H2,1-5H3. The average Bonchev–Trinajstić information content (AvgIpc) is 2.28. The van der Waals surface area contributed by atoms with E-state index in [0.29, 0.717) is 6.61 Å². The Morgan fingerprint density at radius 3 is 2.17 bits per heavy atom. The van der Waals surface area contributed by atoms with Crippen LogP contribution in [-0.4, -0.2) is 23.4 Å². The first-order valence-electron chi connectivity index (χ1n) is 6.45. The van der Waals surface area contributed by atoms with Crippen LogP contribution in [0.1, 0.15) is 46.3 Å². The van der Waals surface area contributed by atoms with Crippen LogP contribution in [0.4, 0.5) is 0 Å². The monoisotopic (exact) mass is 252 g/mol. The second-order valence-corrected chi connectivity index (χ2v) is 5.17. The van der Waals surface area contributed by atoms with E-state index in [1.54, 1.807) is 0 Å². The molecule has 0 saturated heterocycles. The lowest BCUT2D eigenvalue weighted by atomic mass is 9.94. The highest BCUT2D eigenvalue weighted by Gasteiger charge is 2.29. The van der Waals surface area contributed by atoms with Crippen molar-refractivity contribution >= 4 is 0 Å². The summed E-state index contributed by atoms with van der Waals surface area (Å²) in [5.41, 5.74) is 0.249. The van der Waals surface area contributed by atoms with E-state index in [-0.39, 0.29) is 6.10 Å². The number of aliphatic hydroxyl groups is 1. The first-order chi connectivity index (χ1) is 8.36. The maximum absolute atomic E-state index is 10.3. The molecule has 0 aliphatic heterocycles. The van der Waals surface area contributed by atoms with Gasteiger partial charge in [-0.25, -0.2) is 0 Å². The number of aliphatic hydroxyl groups excluding tert-OH is 1. The first-order valence-corrected chi connectivity index (χ1v) is 6.45. The van der Waals surface area contributed by atoms with Crippen LogP contribution < -0.4 is 4.74 Å². The average molecular weight is 252 g/mol. The lowest BCUT2D eigenvalue weighted by molar-refractivity contribution is -0.0983. The van der Waals surface area contributed by atoms with Crippen LogP contribution in [0.2, 0.25) is 0 Å². The Morgan fingerprint density at radius 2 is 1.72 bits per heavy atom. The summed E-state index contributed by atoms with van der Waals surface area (Å²) in [5.74, 6) is 0.815. The van der Waals surface area contributed by atoms with Gasteiger partial charge in [-0.05, 0) is 52.3 Å². The molecule has 1 aromatic rings. The van der Waals surface area contributed by atoms with Crippen LogP contribution in [-0.2, 0) is 4.74 Å². The maximum atomic E-state index is 10.3. The molecule has 0 spiro atoms. The van der Waals surface area contributed by atoms with E-state index in [4.69, 9.17) is 9.47 Å². The molecule has 0 bridgehead atoms. The van der Waals surface area contributed by atoms with Crippen molar-refractivity contribution in [3.63, 3.8) is 0 Å². The van der Waals surface area contributed by atoms with Gasteiger partial charge in [0.25, 0.3) is 0 Å². The number of rotatable bonds is 6. The van der Waals surface area contributed by atoms with Crippen molar-refractivity contribution in [2.75, 3.05) is 6.61 Å². The summed E-state index contributed by atoms with van der Waals surface area (Å²) in [7, 11) is 0. The van der Waals surface area contributed by atoms with E-state index in [9.17, 15) is 5.11 Å². The van der Waals surface area contributed by atoms with Crippen molar-refractivity contribution in [2.45, 2.75) is 52.4 Å². The third kappa shape index (κ3) is 4.00. The van der Waals surface area contributed by atoms with Crippen molar-refractivity contribution in [1.82, 2.24) is 0 Å².